The van der Waals surface area contributed by atoms with Gasteiger partial charge in [0, 0.05) is 19.4 Å². The molecule has 1 fully saturated rings. The van der Waals surface area contributed by atoms with Crippen molar-refractivity contribution in [2.75, 3.05) is 6.54 Å². The van der Waals surface area contributed by atoms with E-state index in [1.807, 2.05) is 44.2 Å². The minimum atomic E-state index is -0.833. The van der Waals surface area contributed by atoms with Crippen LogP contribution in [0.15, 0.2) is 24.3 Å². The lowest BCUT2D eigenvalue weighted by molar-refractivity contribution is -0.140. The Hall–Kier alpha value is -2.66. The number of imide groups is 1. The minimum absolute atomic E-state index is 0.0729. The van der Waals surface area contributed by atoms with E-state index in [1.54, 1.807) is 0 Å². The van der Waals surface area contributed by atoms with Crippen LogP contribution < -0.4 is 0 Å². The molecule has 1 aromatic carbocycles. The largest absolute Gasteiger partial charge is 0.280 e. The van der Waals surface area contributed by atoms with E-state index in [9.17, 15) is 14.9 Å². The van der Waals surface area contributed by atoms with Gasteiger partial charge in [-0.05, 0) is 25.3 Å². The van der Waals surface area contributed by atoms with Crippen molar-refractivity contribution in [1.82, 2.24) is 4.90 Å². The fraction of sp³-hybridized carbons (Fsp3) is 0.474. The van der Waals surface area contributed by atoms with Gasteiger partial charge in [-0.3, -0.25) is 14.5 Å². The fourth-order valence-electron chi connectivity index (χ4n) is 3.22. The molecule has 1 aliphatic heterocycles. The van der Waals surface area contributed by atoms with Gasteiger partial charge in [-0.15, -0.1) is 0 Å². The zero-order valence-electron chi connectivity index (χ0n) is 14.1. The zero-order valence-corrected chi connectivity index (χ0v) is 14.1. The summed E-state index contributed by atoms with van der Waals surface area (Å²) >= 11 is 0. The molecule has 2 amide bonds. The predicted octanol–water partition coefficient (Wildman–Crippen LogP) is 2.85. The number of hydrogen-bond acceptors (Lipinski definition) is 4. The molecule has 1 aromatic rings. The topological polar surface area (TPSA) is 85.0 Å². The van der Waals surface area contributed by atoms with Crippen molar-refractivity contribution in [3.63, 3.8) is 0 Å². The maximum atomic E-state index is 13.0. The number of carbonyl (C=O) groups is 2. The quantitative estimate of drug-likeness (QED) is 0.753. The maximum Gasteiger partial charge on any atom is 0.240 e. The van der Waals surface area contributed by atoms with Gasteiger partial charge in [-0.25, -0.2) is 0 Å². The molecule has 0 saturated carbocycles. The first kappa shape index (κ1) is 17.7. The summed E-state index contributed by atoms with van der Waals surface area (Å²) in [6, 6.07) is 11.8. The third-order valence-corrected chi connectivity index (χ3v) is 4.81. The predicted molar refractivity (Wildman–Crippen MR) is 88.4 cm³/mol. The molecule has 5 heteroatoms. The second-order valence-corrected chi connectivity index (χ2v) is 6.31. The van der Waals surface area contributed by atoms with Crippen LogP contribution in [0.2, 0.25) is 0 Å². The van der Waals surface area contributed by atoms with Gasteiger partial charge in [-0.2, -0.15) is 10.5 Å². The molecule has 1 saturated heterocycles. The van der Waals surface area contributed by atoms with Gasteiger partial charge in [0.15, 0.2) is 0 Å². The van der Waals surface area contributed by atoms with Crippen molar-refractivity contribution >= 4 is 11.8 Å². The second kappa shape index (κ2) is 7.27. The van der Waals surface area contributed by atoms with E-state index in [1.165, 1.54) is 4.90 Å². The van der Waals surface area contributed by atoms with E-state index in [0.29, 0.717) is 12.8 Å². The number of carbonyl (C=O) groups excluding carboxylic acids is 2. The number of nitrogens with zero attached hydrogens (tertiary/aromatic N) is 3. The summed E-state index contributed by atoms with van der Waals surface area (Å²) in [6.45, 7) is 3.96. The smallest absolute Gasteiger partial charge is 0.240 e. The molecule has 0 bridgehead atoms. The third-order valence-electron chi connectivity index (χ3n) is 4.81. The highest BCUT2D eigenvalue weighted by Crippen LogP contribution is 2.40. The first-order chi connectivity index (χ1) is 11.5. The summed E-state index contributed by atoms with van der Waals surface area (Å²) in [6.07, 6.45) is 1.29. The molecule has 5 nitrogen and oxygen atoms in total. The van der Waals surface area contributed by atoms with Gasteiger partial charge in [0.2, 0.25) is 11.8 Å². The molecule has 124 valence electrons. The number of benzene rings is 1. The average molecular weight is 323 g/mol. The molecule has 2 rings (SSSR count). The molecule has 1 heterocycles. The first-order valence-corrected chi connectivity index (χ1v) is 8.17. The zero-order chi connectivity index (χ0) is 17.7. The lowest BCUT2D eigenvalue weighted by atomic mass is 9.76. The summed E-state index contributed by atoms with van der Waals surface area (Å²) < 4.78 is 0. The molecule has 0 aliphatic carbocycles. The average Bonchev–Trinajstić information content (AvgIpc) is 2.83. The molecule has 2 atom stereocenters. The Morgan fingerprint density at radius 2 is 1.92 bits per heavy atom. The van der Waals surface area contributed by atoms with Gasteiger partial charge in [0.1, 0.15) is 0 Å². The van der Waals surface area contributed by atoms with Gasteiger partial charge in [0.05, 0.1) is 23.5 Å². The van der Waals surface area contributed by atoms with E-state index in [0.717, 1.165) is 11.1 Å². The Labute approximate surface area is 142 Å². The number of nitriles is 2. The highest BCUT2D eigenvalue weighted by Gasteiger charge is 2.51. The Balaban J connectivity index is 2.27. The molecule has 0 spiro atoms. The van der Waals surface area contributed by atoms with E-state index in [-0.39, 0.29) is 31.2 Å². The van der Waals surface area contributed by atoms with E-state index in [2.05, 4.69) is 6.07 Å². The summed E-state index contributed by atoms with van der Waals surface area (Å²) in [5, 5.41) is 17.9. The minimum Gasteiger partial charge on any atom is -0.280 e. The van der Waals surface area contributed by atoms with E-state index >= 15 is 0 Å². The lowest BCUT2D eigenvalue weighted by Crippen LogP contribution is -2.40. The number of aryl methyl sites for hydroxylation is 1. The summed E-state index contributed by atoms with van der Waals surface area (Å²) in [4.78, 5) is 26.7. The molecule has 0 aromatic heterocycles. The van der Waals surface area contributed by atoms with Gasteiger partial charge in [0.25, 0.3) is 0 Å². The summed E-state index contributed by atoms with van der Waals surface area (Å²) in [5.41, 5.74) is 1.11. The van der Waals surface area contributed by atoms with Crippen LogP contribution in [-0.2, 0) is 15.0 Å². The van der Waals surface area contributed by atoms with Crippen LogP contribution in [0.4, 0.5) is 0 Å². The molecule has 0 radical (unpaired) electrons. The summed E-state index contributed by atoms with van der Waals surface area (Å²) in [7, 11) is 0. The summed E-state index contributed by atoms with van der Waals surface area (Å²) in [5.74, 6) is -0.959. The van der Waals surface area contributed by atoms with E-state index < -0.39 is 11.3 Å². The van der Waals surface area contributed by atoms with Gasteiger partial charge >= 0.3 is 0 Å². The number of hydrogen-bond donors (Lipinski definition) is 0. The number of likely N-dealkylation sites (tertiary alicyclic amines) is 1. The maximum absolute atomic E-state index is 13.0. The molecule has 1 aliphatic rings. The Morgan fingerprint density at radius 1 is 1.25 bits per heavy atom. The molecular formula is C19H21N3O2. The first-order valence-electron chi connectivity index (χ1n) is 8.17. The van der Waals surface area contributed by atoms with Gasteiger partial charge < -0.3 is 0 Å². The van der Waals surface area contributed by atoms with Crippen LogP contribution in [0.25, 0.3) is 0 Å². The van der Waals surface area contributed by atoms with Crippen molar-refractivity contribution in [3.8, 4) is 12.1 Å². The SMILES string of the molecule is CC[C@]1(c2ccc(C)cc2)CC(=O)N(C[C@@H](C#N)CCC#N)C1=O. The van der Waals surface area contributed by atoms with Crippen molar-refractivity contribution in [2.24, 2.45) is 5.92 Å². The Morgan fingerprint density at radius 3 is 2.46 bits per heavy atom. The van der Waals surface area contributed by atoms with Crippen LogP contribution in [0.5, 0.6) is 0 Å². The van der Waals surface area contributed by atoms with Crippen LogP contribution >= 0.6 is 0 Å². The third kappa shape index (κ3) is 3.16. The molecule has 24 heavy (non-hydrogen) atoms. The van der Waals surface area contributed by atoms with Crippen LogP contribution in [0.1, 0.15) is 43.7 Å². The molecule has 0 unspecified atom stereocenters. The van der Waals surface area contributed by atoms with Gasteiger partial charge in [-0.1, -0.05) is 36.8 Å². The Bertz CT molecular complexity index is 712. The standard InChI is InChI=1S/C19H21N3O2/c1-3-19(16-8-6-14(2)7-9-16)11-17(23)22(18(19)24)13-15(12-21)5-4-10-20/h6-9,15H,3-5,11,13H2,1-2H3/t15-,19-/m1/s1. The Kier molecular flexibility index (Phi) is 5.36. The second-order valence-electron chi connectivity index (χ2n) is 6.31. The molecule has 0 N–H and O–H groups in total. The number of rotatable bonds is 6. The van der Waals surface area contributed by atoms with Crippen LogP contribution in [0, 0.1) is 35.5 Å². The normalized spacial score (nSPS) is 21.4. The fourth-order valence-corrected chi connectivity index (χ4v) is 3.22. The van der Waals surface area contributed by atoms with E-state index in [4.69, 9.17) is 5.26 Å². The highest BCUT2D eigenvalue weighted by atomic mass is 16.2. The molecular weight excluding hydrogens is 302 g/mol. The monoisotopic (exact) mass is 323 g/mol. The number of amides is 2. The van der Waals surface area contributed by atoms with Crippen molar-refractivity contribution in [3.05, 3.63) is 35.4 Å². The van der Waals surface area contributed by atoms with Crippen LogP contribution in [0.3, 0.4) is 0 Å². The van der Waals surface area contributed by atoms with Crippen molar-refractivity contribution < 1.29 is 9.59 Å². The lowest BCUT2D eigenvalue weighted by Gasteiger charge is -2.26. The highest BCUT2D eigenvalue weighted by molar-refractivity contribution is 6.09. The van der Waals surface area contributed by atoms with Crippen molar-refractivity contribution in [1.29, 1.82) is 10.5 Å². The van der Waals surface area contributed by atoms with Crippen LogP contribution in [-0.4, -0.2) is 23.3 Å². The van der Waals surface area contributed by atoms with Crippen molar-refractivity contribution in [2.45, 2.75) is 44.9 Å².